The Labute approximate surface area is 203 Å². The molecule has 2 aromatic rings. The Bertz CT molecular complexity index is 704. The Kier molecular flexibility index (Phi) is 24.0. The smallest absolute Gasteiger partial charge is 0.872 e. The molecule has 0 atom stereocenters. The van der Waals surface area contributed by atoms with Gasteiger partial charge in [-0.1, -0.05) is 86.0 Å². The number of carbonyl (C=O) groups excluding carboxylic acids is 2. The van der Waals surface area contributed by atoms with Gasteiger partial charge in [0.2, 0.25) is 0 Å². The third-order valence-corrected chi connectivity index (χ3v) is 2.79. The minimum atomic E-state index is -0.233. The predicted octanol–water partition coefficient (Wildman–Crippen LogP) is 0.684. The average molecular weight is 591 g/mol. The zero-order valence-electron chi connectivity index (χ0n) is 18.3. The molecule has 0 amide bonds. The van der Waals surface area contributed by atoms with Crippen molar-refractivity contribution in [2.24, 2.45) is 0 Å². The van der Waals surface area contributed by atoms with Gasteiger partial charge in [-0.05, 0) is 37.1 Å². The second kappa shape index (κ2) is 22.3. The van der Waals surface area contributed by atoms with Crippen LogP contribution < -0.4 is 20.4 Å². The first-order valence-corrected chi connectivity index (χ1v) is 9.28. The number of rotatable bonds is 4. The summed E-state index contributed by atoms with van der Waals surface area (Å²) in [5, 5.41) is 40.2. The molecular formula is C24H28HfO6. The van der Waals surface area contributed by atoms with E-state index in [4.69, 9.17) is 10.2 Å². The van der Waals surface area contributed by atoms with E-state index in [0.717, 1.165) is 12.2 Å². The van der Waals surface area contributed by atoms with Crippen molar-refractivity contribution in [2.45, 2.75) is 27.7 Å². The van der Waals surface area contributed by atoms with Crippen LogP contribution in [0.4, 0.5) is 0 Å². The van der Waals surface area contributed by atoms with Crippen molar-refractivity contribution < 1.29 is 55.9 Å². The first-order chi connectivity index (χ1) is 14.2. The molecule has 0 fully saturated rings. The van der Waals surface area contributed by atoms with Crippen LogP contribution in [0.3, 0.4) is 0 Å². The fourth-order valence-corrected chi connectivity index (χ4v) is 1.74. The van der Waals surface area contributed by atoms with Gasteiger partial charge < -0.3 is 20.4 Å². The number of hydrogen-bond acceptors (Lipinski definition) is 6. The Morgan fingerprint density at radius 2 is 0.903 bits per heavy atom. The van der Waals surface area contributed by atoms with Gasteiger partial charge in [0.05, 0.1) is 0 Å². The summed E-state index contributed by atoms with van der Waals surface area (Å²) < 4.78 is 0. The molecule has 7 heteroatoms. The molecule has 0 aromatic heterocycles. The summed E-state index contributed by atoms with van der Waals surface area (Å²) in [6, 6.07) is 17.4. The summed E-state index contributed by atoms with van der Waals surface area (Å²) in [6.07, 6.45) is 2.19. The maximum atomic E-state index is 11.2. The van der Waals surface area contributed by atoms with E-state index >= 15 is 0 Å². The molecular weight excluding hydrogens is 563 g/mol. The summed E-state index contributed by atoms with van der Waals surface area (Å²) >= 11 is 0. The SMILES string of the molecule is CC(=O)/C=C(\[O-])c1ccccc1.CC(=O)/C=C(\[O-])c1ccccc1.CC[O-].CC[O-].[Hf+4]. The van der Waals surface area contributed by atoms with Crippen molar-refractivity contribution in [2.75, 3.05) is 13.2 Å². The molecule has 0 aliphatic heterocycles. The average Bonchev–Trinajstić information content (AvgIpc) is 2.70. The van der Waals surface area contributed by atoms with Crippen LogP contribution in [0.2, 0.25) is 0 Å². The van der Waals surface area contributed by atoms with Gasteiger partial charge >= 0.3 is 25.8 Å². The predicted molar refractivity (Wildman–Crippen MR) is 111 cm³/mol. The molecule has 0 N–H and O–H groups in total. The summed E-state index contributed by atoms with van der Waals surface area (Å²) in [4.78, 5) is 21.1. The quantitative estimate of drug-likeness (QED) is 0.293. The summed E-state index contributed by atoms with van der Waals surface area (Å²) in [5.74, 6) is -0.904. The largest absolute Gasteiger partial charge is 4.00 e. The number of carbonyl (C=O) groups is 2. The maximum Gasteiger partial charge on any atom is 4.00 e. The number of benzene rings is 2. The van der Waals surface area contributed by atoms with E-state index in [0.29, 0.717) is 11.1 Å². The van der Waals surface area contributed by atoms with E-state index in [1.54, 1.807) is 62.4 Å². The van der Waals surface area contributed by atoms with Gasteiger partial charge in [0, 0.05) is 0 Å². The van der Waals surface area contributed by atoms with E-state index in [-0.39, 0.29) is 62.1 Å². The summed E-state index contributed by atoms with van der Waals surface area (Å²) in [5.41, 5.74) is 1.10. The molecule has 2 rings (SSSR count). The molecule has 0 bridgehead atoms. The third kappa shape index (κ3) is 20.7. The van der Waals surface area contributed by atoms with Gasteiger partial charge in [-0.2, -0.15) is 0 Å². The van der Waals surface area contributed by atoms with Gasteiger partial charge in [-0.25, -0.2) is 0 Å². The van der Waals surface area contributed by atoms with Gasteiger partial charge in [0.25, 0.3) is 0 Å². The Balaban J connectivity index is -0.000000394. The molecule has 164 valence electrons. The fourth-order valence-electron chi connectivity index (χ4n) is 1.74. The van der Waals surface area contributed by atoms with Gasteiger partial charge in [-0.15, -0.1) is 13.2 Å². The second-order valence-electron chi connectivity index (χ2n) is 5.55. The molecule has 31 heavy (non-hydrogen) atoms. The van der Waals surface area contributed by atoms with Crippen LogP contribution in [0.25, 0.3) is 11.5 Å². The molecule has 0 spiro atoms. The molecule has 0 saturated heterocycles. The molecule has 0 heterocycles. The first kappa shape index (κ1) is 33.3. The van der Waals surface area contributed by atoms with Gasteiger partial charge in [0.1, 0.15) is 0 Å². The molecule has 0 saturated carbocycles. The molecule has 0 unspecified atom stereocenters. The fraction of sp³-hybridized carbons (Fsp3) is 0.250. The van der Waals surface area contributed by atoms with Crippen LogP contribution >= 0.6 is 0 Å². The van der Waals surface area contributed by atoms with Gasteiger partial charge in [0.15, 0.2) is 11.6 Å². The summed E-state index contributed by atoms with van der Waals surface area (Å²) in [7, 11) is 0. The molecule has 0 aliphatic rings. The molecule has 0 radical (unpaired) electrons. The third-order valence-electron chi connectivity index (χ3n) is 2.79. The van der Waals surface area contributed by atoms with E-state index in [2.05, 4.69) is 0 Å². The van der Waals surface area contributed by atoms with Crippen molar-refractivity contribution >= 4 is 23.1 Å². The zero-order chi connectivity index (χ0) is 23.4. The zero-order valence-corrected chi connectivity index (χ0v) is 21.9. The minimum Gasteiger partial charge on any atom is -0.872 e. The van der Waals surface area contributed by atoms with Crippen LogP contribution in [0.1, 0.15) is 38.8 Å². The molecule has 2 aromatic carbocycles. The Morgan fingerprint density at radius 3 is 1.10 bits per heavy atom. The second-order valence-corrected chi connectivity index (χ2v) is 5.55. The van der Waals surface area contributed by atoms with Crippen molar-refractivity contribution in [1.82, 2.24) is 0 Å². The van der Waals surface area contributed by atoms with Crippen LogP contribution in [0.15, 0.2) is 72.8 Å². The van der Waals surface area contributed by atoms with E-state index in [9.17, 15) is 19.8 Å². The first-order valence-electron chi connectivity index (χ1n) is 9.28. The number of hydrogen-bond donors (Lipinski definition) is 0. The van der Waals surface area contributed by atoms with E-state index in [1.807, 2.05) is 12.1 Å². The van der Waals surface area contributed by atoms with Crippen molar-refractivity contribution in [3.63, 3.8) is 0 Å². The number of ketones is 2. The van der Waals surface area contributed by atoms with Crippen LogP contribution in [0, 0.1) is 0 Å². The minimum absolute atomic E-state index is 0. The monoisotopic (exact) mass is 592 g/mol. The molecule has 0 aliphatic carbocycles. The van der Waals surface area contributed by atoms with Crippen molar-refractivity contribution in [3.05, 3.63) is 83.9 Å². The van der Waals surface area contributed by atoms with E-state index < -0.39 is 0 Å². The van der Waals surface area contributed by atoms with Crippen molar-refractivity contribution in [3.8, 4) is 0 Å². The van der Waals surface area contributed by atoms with Crippen molar-refractivity contribution in [1.29, 1.82) is 0 Å². The normalized spacial score (nSPS) is 9.87. The van der Waals surface area contributed by atoms with Crippen LogP contribution in [-0.4, -0.2) is 24.8 Å². The Morgan fingerprint density at radius 1 is 0.677 bits per heavy atom. The number of allylic oxidation sites excluding steroid dienone is 2. The topological polar surface area (TPSA) is 126 Å². The molecule has 6 nitrogen and oxygen atoms in total. The van der Waals surface area contributed by atoms with E-state index in [1.165, 1.54) is 13.8 Å². The maximum absolute atomic E-state index is 11.2. The standard InChI is InChI=1S/2C10H10O2.2C2H5O.Hf/c2*1-8(11)7-10(12)9-5-3-2-4-6-9;2*1-2-3;/h2*2-7,12H,1H3;2*2H2,1H3;/q;;2*-1;+4/p-2/b2*10-7-;;;. The van der Waals surface area contributed by atoms with Crippen LogP contribution in [-0.2, 0) is 35.4 Å². The van der Waals surface area contributed by atoms with Gasteiger partial charge in [-0.3, -0.25) is 9.59 Å². The van der Waals surface area contributed by atoms with Crippen LogP contribution in [0.5, 0.6) is 0 Å². The Hall–Kier alpha value is -2.35. The summed E-state index contributed by atoms with van der Waals surface area (Å²) in [6.45, 7) is 5.86.